The summed E-state index contributed by atoms with van der Waals surface area (Å²) in [6.45, 7) is 6.22. The fourth-order valence-electron chi connectivity index (χ4n) is 6.32. The Morgan fingerprint density at radius 1 is 0.328 bits per heavy atom. The smallest absolute Gasteiger partial charge is 0.306 e. The van der Waals surface area contributed by atoms with Gasteiger partial charge in [-0.3, -0.25) is 14.4 Å². The number of allylic oxidation sites excluding steroid dienone is 26. The van der Waals surface area contributed by atoms with Gasteiger partial charge in [-0.25, -0.2) is 0 Å². The first-order valence-electron chi connectivity index (χ1n) is 26.1. The van der Waals surface area contributed by atoms with Crippen LogP contribution in [0.1, 0.15) is 188 Å². The molecule has 0 N–H and O–H groups in total. The van der Waals surface area contributed by atoms with Crippen molar-refractivity contribution in [3.05, 3.63) is 158 Å². The molecule has 0 saturated carbocycles. The normalized spacial score (nSPS) is 13.4. The van der Waals surface area contributed by atoms with Gasteiger partial charge in [0.25, 0.3) is 0 Å². The number of carbonyl (C=O) groups excluding carboxylic acids is 3. The maximum atomic E-state index is 12.8. The summed E-state index contributed by atoms with van der Waals surface area (Å²) in [7, 11) is 0. The van der Waals surface area contributed by atoms with E-state index in [0.717, 1.165) is 103 Å². The van der Waals surface area contributed by atoms with E-state index in [0.29, 0.717) is 19.3 Å². The van der Waals surface area contributed by atoms with Gasteiger partial charge in [0.1, 0.15) is 13.2 Å². The van der Waals surface area contributed by atoms with E-state index in [4.69, 9.17) is 14.2 Å². The maximum Gasteiger partial charge on any atom is 0.306 e. The number of rotatable bonds is 44. The third-order valence-electron chi connectivity index (χ3n) is 10.2. The van der Waals surface area contributed by atoms with E-state index in [-0.39, 0.29) is 38.0 Å². The predicted octanol–water partition coefficient (Wildman–Crippen LogP) is 17.4. The van der Waals surface area contributed by atoms with Gasteiger partial charge in [0.2, 0.25) is 0 Å². The van der Waals surface area contributed by atoms with Crippen molar-refractivity contribution >= 4 is 17.9 Å². The molecule has 0 radical (unpaired) electrons. The minimum Gasteiger partial charge on any atom is -0.462 e. The third kappa shape index (κ3) is 51.9. The Morgan fingerprint density at radius 3 is 1.15 bits per heavy atom. The lowest BCUT2D eigenvalue weighted by Gasteiger charge is -2.18. The standard InChI is InChI=1S/C61H92O6/c1-4-7-10-13-16-19-22-25-28-30-33-36-39-42-45-48-51-54-60(63)66-57-58(56-65-59(62)53-50-47-44-41-38-35-32-27-24-21-18-15-12-9-6-3)67-61(64)55-52-49-46-43-40-37-34-31-29-26-23-20-17-14-11-8-5-2/h7-8,10-11,13,16-22,24-30,33-34,36-37,39,43,46,58H,4-6,9,12,14-15,23,31-32,35,38,40-42,44-45,47-57H2,1-3H3/b10-7-,11-8-,16-13-,20-17-,21-18-,22-19-,27-24-,28-25-,29-26-,33-30+,37-34-,39-36-,46-43-. The largest absolute Gasteiger partial charge is 0.462 e. The van der Waals surface area contributed by atoms with Gasteiger partial charge in [0.05, 0.1) is 0 Å². The van der Waals surface area contributed by atoms with Crippen LogP contribution in [0.5, 0.6) is 0 Å². The average molecular weight is 921 g/mol. The van der Waals surface area contributed by atoms with E-state index in [1.54, 1.807) is 0 Å². The molecule has 0 heterocycles. The van der Waals surface area contributed by atoms with Crippen molar-refractivity contribution in [3.8, 4) is 0 Å². The van der Waals surface area contributed by atoms with Crippen molar-refractivity contribution in [1.82, 2.24) is 0 Å². The summed E-state index contributed by atoms with van der Waals surface area (Å²) in [6, 6.07) is 0. The Kier molecular flexibility index (Phi) is 49.7. The van der Waals surface area contributed by atoms with Crippen molar-refractivity contribution in [1.29, 1.82) is 0 Å². The molecule has 1 unspecified atom stereocenters. The molecule has 6 heteroatoms. The van der Waals surface area contributed by atoms with Crippen LogP contribution in [0.15, 0.2) is 158 Å². The van der Waals surface area contributed by atoms with Crippen LogP contribution in [0.25, 0.3) is 0 Å². The Balaban J connectivity index is 4.64. The lowest BCUT2D eigenvalue weighted by atomic mass is 10.1. The summed E-state index contributed by atoms with van der Waals surface area (Å²) < 4.78 is 16.7. The highest BCUT2D eigenvalue weighted by Crippen LogP contribution is 2.12. The van der Waals surface area contributed by atoms with Crippen LogP contribution >= 0.6 is 0 Å². The lowest BCUT2D eigenvalue weighted by Crippen LogP contribution is -2.30. The fraction of sp³-hybridized carbons (Fsp3) is 0.525. The molecule has 0 rings (SSSR count). The number of unbranched alkanes of at least 4 members (excludes halogenated alkanes) is 13. The highest BCUT2D eigenvalue weighted by atomic mass is 16.6. The maximum absolute atomic E-state index is 12.8. The molecule has 372 valence electrons. The number of carbonyl (C=O) groups is 3. The molecule has 0 aliphatic heterocycles. The minimum absolute atomic E-state index is 0.129. The predicted molar refractivity (Wildman–Crippen MR) is 288 cm³/mol. The van der Waals surface area contributed by atoms with Crippen molar-refractivity contribution in [2.24, 2.45) is 0 Å². The molecule has 1 atom stereocenters. The van der Waals surface area contributed by atoms with Crippen molar-refractivity contribution in [2.45, 2.75) is 194 Å². The quantitative estimate of drug-likeness (QED) is 0.0199. The summed E-state index contributed by atoms with van der Waals surface area (Å²) in [5, 5.41) is 0. The Bertz CT molecular complexity index is 1570. The van der Waals surface area contributed by atoms with Crippen LogP contribution in [0.3, 0.4) is 0 Å². The Morgan fingerprint density at radius 2 is 0.672 bits per heavy atom. The van der Waals surface area contributed by atoms with Crippen molar-refractivity contribution in [2.75, 3.05) is 13.2 Å². The molecule has 0 aromatic rings. The lowest BCUT2D eigenvalue weighted by molar-refractivity contribution is -0.167. The zero-order chi connectivity index (χ0) is 48.6. The first kappa shape index (κ1) is 62.0. The molecule has 0 aromatic heterocycles. The molecule has 67 heavy (non-hydrogen) atoms. The number of ether oxygens (including phenoxy) is 3. The van der Waals surface area contributed by atoms with Crippen LogP contribution in [0.4, 0.5) is 0 Å². The molecule has 0 aromatic carbocycles. The van der Waals surface area contributed by atoms with Gasteiger partial charge >= 0.3 is 17.9 Å². The van der Waals surface area contributed by atoms with E-state index in [9.17, 15) is 14.4 Å². The second-order valence-electron chi connectivity index (χ2n) is 16.5. The highest BCUT2D eigenvalue weighted by Gasteiger charge is 2.19. The third-order valence-corrected chi connectivity index (χ3v) is 10.2. The summed E-state index contributed by atoms with van der Waals surface area (Å²) in [5.41, 5.74) is 0. The second-order valence-corrected chi connectivity index (χ2v) is 16.5. The molecule has 0 fully saturated rings. The van der Waals surface area contributed by atoms with Gasteiger partial charge < -0.3 is 14.2 Å². The SMILES string of the molecule is CC\C=C/C=C\C=C/C=C\C=C\C=C/CCCCCC(=O)OCC(COC(=O)CCCCCCCC/C=C\C=C/CCCCC)OC(=O)CCC/C=C\C/C=C\C/C=C\C/C=C\C/C=C\CC. The monoisotopic (exact) mass is 921 g/mol. The molecule has 0 aliphatic carbocycles. The minimum atomic E-state index is -0.839. The highest BCUT2D eigenvalue weighted by molar-refractivity contribution is 5.71. The molecule has 6 nitrogen and oxygen atoms in total. The molecule has 0 amide bonds. The molecule has 0 aliphatic rings. The van der Waals surface area contributed by atoms with E-state index < -0.39 is 12.1 Å². The first-order valence-corrected chi connectivity index (χ1v) is 26.1. The number of hydrogen-bond donors (Lipinski definition) is 0. The van der Waals surface area contributed by atoms with Gasteiger partial charge in [-0.05, 0) is 103 Å². The molecular weight excluding hydrogens is 829 g/mol. The summed E-state index contributed by atoms with van der Waals surface area (Å²) in [6.07, 6.45) is 77.9. The molecular formula is C61H92O6. The first-order chi connectivity index (χ1) is 33.0. The van der Waals surface area contributed by atoms with Crippen LogP contribution < -0.4 is 0 Å². The van der Waals surface area contributed by atoms with Gasteiger partial charge in [0.15, 0.2) is 6.10 Å². The molecule has 0 spiro atoms. The van der Waals surface area contributed by atoms with Crippen LogP contribution in [-0.4, -0.2) is 37.2 Å². The topological polar surface area (TPSA) is 78.9 Å². The van der Waals surface area contributed by atoms with E-state index in [2.05, 4.69) is 118 Å². The zero-order valence-electron chi connectivity index (χ0n) is 42.3. The van der Waals surface area contributed by atoms with Crippen molar-refractivity contribution < 1.29 is 28.6 Å². The fourth-order valence-corrected chi connectivity index (χ4v) is 6.32. The van der Waals surface area contributed by atoms with Gasteiger partial charge in [-0.15, -0.1) is 0 Å². The Hall–Kier alpha value is -4.97. The summed E-state index contributed by atoms with van der Waals surface area (Å²) >= 11 is 0. The van der Waals surface area contributed by atoms with E-state index in [1.807, 2.05) is 60.8 Å². The van der Waals surface area contributed by atoms with E-state index >= 15 is 0 Å². The summed E-state index contributed by atoms with van der Waals surface area (Å²) in [5.74, 6) is -1.06. The van der Waals surface area contributed by atoms with Crippen LogP contribution in [-0.2, 0) is 28.6 Å². The average Bonchev–Trinajstić information content (AvgIpc) is 3.33. The van der Waals surface area contributed by atoms with Crippen LogP contribution in [0.2, 0.25) is 0 Å². The van der Waals surface area contributed by atoms with Gasteiger partial charge in [-0.1, -0.05) is 224 Å². The molecule has 0 saturated heterocycles. The Labute approximate surface area is 409 Å². The molecule has 0 bridgehead atoms. The van der Waals surface area contributed by atoms with Crippen LogP contribution in [0, 0.1) is 0 Å². The second kappa shape index (κ2) is 53.6. The number of esters is 3. The van der Waals surface area contributed by atoms with Gasteiger partial charge in [0, 0.05) is 19.3 Å². The van der Waals surface area contributed by atoms with Crippen molar-refractivity contribution in [3.63, 3.8) is 0 Å². The van der Waals surface area contributed by atoms with Gasteiger partial charge in [-0.2, -0.15) is 0 Å². The number of hydrogen-bond acceptors (Lipinski definition) is 6. The zero-order valence-corrected chi connectivity index (χ0v) is 42.3. The van der Waals surface area contributed by atoms with E-state index in [1.165, 1.54) is 32.1 Å². The summed E-state index contributed by atoms with van der Waals surface area (Å²) in [4.78, 5) is 38.0.